The second kappa shape index (κ2) is 4.42. The molecule has 0 unspecified atom stereocenters. The molecule has 1 amide bonds. The summed E-state index contributed by atoms with van der Waals surface area (Å²) in [6, 6.07) is 0. The Kier molecular flexibility index (Phi) is 3.24. The highest BCUT2D eigenvalue weighted by atomic mass is 16.4. The van der Waals surface area contributed by atoms with E-state index in [1.807, 2.05) is 0 Å². The van der Waals surface area contributed by atoms with Gasteiger partial charge in [0.05, 0.1) is 6.54 Å². The molecule has 1 heterocycles. The number of rotatable bonds is 3. The van der Waals surface area contributed by atoms with Gasteiger partial charge in [-0.05, 0) is 0 Å². The minimum atomic E-state index is -1.08. The van der Waals surface area contributed by atoms with Gasteiger partial charge in [0.2, 0.25) is 5.91 Å². The van der Waals surface area contributed by atoms with Gasteiger partial charge in [-0.2, -0.15) is 5.10 Å². The number of carbonyl (C=O) groups excluding carboxylic acids is 1. The molecule has 1 N–H and O–H groups in total. The van der Waals surface area contributed by atoms with Crippen LogP contribution in [-0.2, 0) is 9.59 Å². The van der Waals surface area contributed by atoms with Crippen LogP contribution < -0.4 is 0 Å². The van der Waals surface area contributed by atoms with Crippen molar-refractivity contribution >= 4 is 17.6 Å². The van der Waals surface area contributed by atoms with Crippen molar-refractivity contribution in [2.75, 3.05) is 6.54 Å². The summed E-state index contributed by atoms with van der Waals surface area (Å²) in [7, 11) is 0. The van der Waals surface area contributed by atoms with Crippen LogP contribution in [0.15, 0.2) is 5.10 Å². The Morgan fingerprint density at radius 1 is 1.64 bits per heavy atom. The topological polar surface area (TPSA) is 70.0 Å². The van der Waals surface area contributed by atoms with E-state index in [-0.39, 0.29) is 31.0 Å². The summed E-state index contributed by atoms with van der Waals surface area (Å²) in [5, 5.41) is 13.5. The fourth-order valence-electron chi connectivity index (χ4n) is 1.10. The molecule has 1 rings (SSSR count). The van der Waals surface area contributed by atoms with E-state index >= 15 is 0 Å². The van der Waals surface area contributed by atoms with Gasteiger partial charge in [-0.25, -0.2) is 9.80 Å². The fraction of sp³-hybridized carbons (Fsp3) is 0.444. The number of carbonyl (C=O) groups is 2. The highest BCUT2D eigenvalue weighted by molar-refractivity contribution is 6.36. The number of carboxylic acids is 1. The molecule has 0 saturated heterocycles. The standard InChI is InChI=1S/C9H10N2O3/c1-2-3-6-11-8(12)5-4-7(10-11)9(13)14/h1H,3-6H2,(H,13,14). The summed E-state index contributed by atoms with van der Waals surface area (Å²) in [6.45, 7) is 0.284. The average Bonchev–Trinajstić information content (AvgIpc) is 2.16. The summed E-state index contributed by atoms with van der Waals surface area (Å²) in [6.07, 6.45) is 5.80. The first-order chi connectivity index (χ1) is 6.65. The Morgan fingerprint density at radius 3 is 2.93 bits per heavy atom. The number of nitrogens with zero attached hydrogens (tertiary/aromatic N) is 2. The van der Waals surface area contributed by atoms with E-state index in [1.165, 1.54) is 0 Å². The lowest BCUT2D eigenvalue weighted by atomic mass is 10.1. The summed E-state index contributed by atoms with van der Waals surface area (Å²) in [5.41, 5.74) is 0.0154. The summed E-state index contributed by atoms with van der Waals surface area (Å²) in [5.74, 6) is 1.11. The van der Waals surface area contributed by atoms with Gasteiger partial charge in [0, 0.05) is 19.3 Å². The number of terminal acetylenes is 1. The Bertz CT molecular complexity index is 327. The number of amides is 1. The number of aliphatic carboxylic acids is 1. The Labute approximate surface area is 81.4 Å². The zero-order chi connectivity index (χ0) is 10.6. The lowest BCUT2D eigenvalue weighted by molar-refractivity contribution is -0.132. The van der Waals surface area contributed by atoms with E-state index in [0.29, 0.717) is 6.42 Å². The SMILES string of the molecule is C#CCCN1N=C(C(=O)O)CCC1=O. The lowest BCUT2D eigenvalue weighted by Gasteiger charge is -2.20. The lowest BCUT2D eigenvalue weighted by Crippen LogP contribution is -2.34. The maximum absolute atomic E-state index is 11.2. The summed E-state index contributed by atoms with van der Waals surface area (Å²) < 4.78 is 0. The third-order valence-electron chi connectivity index (χ3n) is 1.82. The molecule has 74 valence electrons. The van der Waals surface area contributed by atoms with Crippen molar-refractivity contribution in [3.05, 3.63) is 0 Å². The highest BCUT2D eigenvalue weighted by Crippen LogP contribution is 2.09. The van der Waals surface area contributed by atoms with Crippen LogP contribution >= 0.6 is 0 Å². The summed E-state index contributed by atoms with van der Waals surface area (Å²) in [4.78, 5) is 21.8. The molecule has 0 saturated carbocycles. The van der Waals surface area contributed by atoms with Crippen molar-refractivity contribution < 1.29 is 14.7 Å². The molecule has 1 aliphatic heterocycles. The molecule has 0 atom stereocenters. The maximum atomic E-state index is 11.2. The third kappa shape index (κ3) is 2.33. The third-order valence-corrected chi connectivity index (χ3v) is 1.82. The zero-order valence-corrected chi connectivity index (χ0v) is 7.56. The van der Waals surface area contributed by atoms with E-state index in [0.717, 1.165) is 5.01 Å². The van der Waals surface area contributed by atoms with Crippen molar-refractivity contribution in [1.82, 2.24) is 5.01 Å². The van der Waals surface area contributed by atoms with Crippen LogP contribution in [0, 0.1) is 12.3 Å². The highest BCUT2D eigenvalue weighted by Gasteiger charge is 2.23. The quantitative estimate of drug-likeness (QED) is 0.646. The molecule has 0 bridgehead atoms. The Morgan fingerprint density at radius 2 is 2.36 bits per heavy atom. The maximum Gasteiger partial charge on any atom is 0.352 e. The molecule has 0 aromatic rings. The largest absolute Gasteiger partial charge is 0.477 e. The van der Waals surface area contributed by atoms with Crippen molar-refractivity contribution in [2.24, 2.45) is 5.10 Å². The average molecular weight is 194 g/mol. The molecule has 0 aromatic carbocycles. The van der Waals surface area contributed by atoms with E-state index < -0.39 is 5.97 Å². The van der Waals surface area contributed by atoms with Gasteiger partial charge in [-0.3, -0.25) is 4.79 Å². The van der Waals surface area contributed by atoms with Gasteiger partial charge in [0.15, 0.2) is 0 Å². The first kappa shape index (κ1) is 10.3. The molecular formula is C9H10N2O3. The van der Waals surface area contributed by atoms with Gasteiger partial charge in [-0.15, -0.1) is 12.3 Å². The van der Waals surface area contributed by atoms with Gasteiger partial charge < -0.3 is 5.11 Å². The molecule has 1 aliphatic rings. The minimum Gasteiger partial charge on any atom is -0.477 e. The number of hydrogen-bond donors (Lipinski definition) is 1. The van der Waals surface area contributed by atoms with Gasteiger partial charge in [0.25, 0.3) is 0 Å². The second-order valence-corrected chi connectivity index (χ2v) is 2.82. The fourth-order valence-corrected chi connectivity index (χ4v) is 1.10. The van der Waals surface area contributed by atoms with Crippen molar-refractivity contribution in [3.8, 4) is 12.3 Å². The van der Waals surface area contributed by atoms with Crippen LogP contribution in [0.4, 0.5) is 0 Å². The van der Waals surface area contributed by atoms with Crippen LogP contribution in [0.5, 0.6) is 0 Å². The predicted molar refractivity (Wildman–Crippen MR) is 49.5 cm³/mol. The van der Waals surface area contributed by atoms with Gasteiger partial charge in [0.1, 0.15) is 5.71 Å². The van der Waals surface area contributed by atoms with Crippen LogP contribution in [0.1, 0.15) is 19.3 Å². The molecular weight excluding hydrogens is 184 g/mol. The van der Waals surface area contributed by atoms with Crippen molar-refractivity contribution in [1.29, 1.82) is 0 Å². The first-order valence-electron chi connectivity index (χ1n) is 4.19. The summed E-state index contributed by atoms with van der Waals surface area (Å²) >= 11 is 0. The van der Waals surface area contributed by atoms with E-state index in [1.54, 1.807) is 0 Å². The monoisotopic (exact) mass is 194 g/mol. The Hall–Kier alpha value is -1.83. The van der Waals surface area contributed by atoms with Crippen molar-refractivity contribution in [2.45, 2.75) is 19.3 Å². The predicted octanol–water partition coefficient (Wildman–Crippen LogP) is 0.0727. The van der Waals surface area contributed by atoms with Crippen LogP contribution in [0.2, 0.25) is 0 Å². The first-order valence-corrected chi connectivity index (χ1v) is 4.19. The van der Waals surface area contributed by atoms with Crippen LogP contribution in [-0.4, -0.2) is 34.2 Å². The van der Waals surface area contributed by atoms with E-state index in [4.69, 9.17) is 11.5 Å². The smallest absolute Gasteiger partial charge is 0.352 e. The number of hydrogen-bond acceptors (Lipinski definition) is 3. The molecule has 14 heavy (non-hydrogen) atoms. The normalized spacial score (nSPS) is 16.1. The second-order valence-electron chi connectivity index (χ2n) is 2.82. The molecule has 0 aliphatic carbocycles. The molecule has 0 spiro atoms. The van der Waals surface area contributed by atoms with Crippen LogP contribution in [0.3, 0.4) is 0 Å². The van der Waals surface area contributed by atoms with Gasteiger partial charge in [-0.1, -0.05) is 0 Å². The number of carboxylic acid groups (broad SMARTS) is 1. The minimum absolute atomic E-state index is 0.0154. The van der Waals surface area contributed by atoms with E-state index in [9.17, 15) is 9.59 Å². The molecule has 0 fully saturated rings. The van der Waals surface area contributed by atoms with Crippen LogP contribution in [0.25, 0.3) is 0 Å². The van der Waals surface area contributed by atoms with Gasteiger partial charge >= 0.3 is 5.97 Å². The van der Waals surface area contributed by atoms with E-state index in [2.05, 4.69) is 11.0 Å². The Balaban J connectivity index is 2.71. The molecule has 5 heteroatoms. The number of hydrazone groups is 1. The molecule has 0 aromatic heterocycles. The molecule has 0 radical (unpaired) electrons. The zero-order valence-electron chi connectivity index (χ0n) is 7.56. The van der Waals surface area contributed by atoms with Crippen molar-refractivity contribution in [3.63, 3.8) is 0 Å². The molecule has 5 nitrogen and oxygen atoms in total.